The smallest absolute Gasteiger partial charge is 0.0557 e. The quantitative estimate of drug-likeness (QED) is 0.239. The third-order valence-electron chi connectivity index (χ3n) is 7.24. The Morgan fingerprint density at radius 1 is 0.679 bits per heavy atom. The lowest BCUT2D eigenvalue weighted by molar-refractivity contribution is 0.0290. The molecule has 0 aromatic rings. The Balaban J connectivity index is 1.91. The number of unbranched alkanes of at least 4 members (excludes halogenated alkanes) is 13. The fraction of sp³-hybridized carbons (Fsp3) is 1.00. The molecular formula is C26H53NO. The Labute approximate surface area is 177 Å². The first-order valence-electron chi connectivity index (χ1n) is 13.0. The van der Waals surface area contributed by atoms with Crippen LogP contribution in [0.3, 0.4) is 0 Å². The second-order valence-electron chi connectivity index (χ2n) is 9.92. The first-order chi connectivity index (χ1) is 13.6. The molecule has 0 amide bonds. The van der Waals surface area contributed by atoms with Crippen molar-refractivity contribution in [3.8, 4) is 0 Å². The van der Waals surface area contributed by atoms with Gasteiger partial charge in [0.15, 0.2) is 0 Å². The van der Waals surface area contributed by atoms with Crippen LogP contribution in [0.25, 0.3) is 0 Å². The van der Waals surface area contributed by atoms with Gasteiger partial charge in [-0.25, -0.2) is 0 Å². The fourth-order valence-corrected chi connectivity index (χ4v) is 5.16. The number of nitrogens with zero attached hydrogens (tertiary/aromatic N) is 1. The SMILES string of the molecule is CCCCCCCCCCCCCCCCC(O)CC1(N(C)C)CCCCC1. The summed E-state index contributed by atoms with van der Waals surface area (Å²) in [5.74, 6) is 0. The number of rotatable bonds is 18. The second kappa shape index (κ2) is 16.7. The van der Waals surface area contributed by atoms with Crippen LogP contribution in [-0.4, -0.2) is 35.7 Å². The molecule has 0 aromatic carbocycles. The summed E-state index contributed by atoms with van der Waals surface area (Å²) in [4.78, 5) is 2.40. The van der Waals surface area contributed by atoms with Crippen LogP contribution in [0.5, 0.6) is 0 Å². The first-order valence-corrected chi connectivity index (χ1v) is 13.0. The summed E-state index contributed by atoms with van der Waals surface area (Å²) in [6, 6.07) is 0. The van der Waals surface area contributed by atoms with E-state index in [2.05, 4.69) is 25.9 Å². The van der Waals surface area contributed by atoms with E-state index in [1.807, 2.05) is 0 Å². The van der Waals surface area contributed by atoms with Crippen molar-refractivity contribution in [1.82, 2.24) is 4.90 Å². The predicted molar refractivity (Wildman–Crippen MR) is 125 cm³/mol. The summed E-state index contributed by atoms with van der Waals surface area (Å²) in [7, 11) is 4.43. The number of aliphatic hydroxyl groups excluding tert-OH is 1. The molecule has 0 spiro atoms. The van der Waals surface area contributed by atoms with Gasteiger partial charge in [0.2, 0.25) is 0 Å². The Bertz CT molecular complexity index is 335. The first kappa shape index (κ1) is 26.0. The molecule has 28 heavy (non-hydrogen) atoms. The maximum atomic E-state index is 10.6. The Morgan fingerprint density at radius 2 is 1.11 bits per heavy atom. The minimum atomic E-state index is -0.0992. The van der Waals surface area contributed by atoms with Crippen LogP contribution in [0.1, 0.15) is 142 Å². The van der Waals surface area contributed by atoms with E-state index in [1.165, 1.54) is 122 Å². The molecule has 2 nitrogen and oxygen atoms in total. The van der Waals surface area contributed by atoms with Crippen molar-refractivity contribution in [3.05, 3.63) is 0 Å². The van der Waals surface area contributed by atoms with E-state index in [-0.39, 0.29) is 11.6 Å². The van der Waals surface area contributed by atoms with Crippen molar-refractivity contribution >= 4 is 0 Å². The largest absolute Gasteiger partial charge is 0.393 e. The molecule has 1 saturated carbocycles. The summed E-state index contributed by atoms with van der Waals surface area (Å²) in [5.41, 5.74) is 0.271. The minimum Gasteiger partial charge on any atom is -0.393 e. The third-order valence-corrected chi connectivity index (χ3v) is 7.24. The van der Waals surface area contributed by atoms with Crippen molar-refractivity contribution in [2.45, 2.75) is 153 Å². The van der Waals surface area contributed by atoms with Crippen molar-refractivity contribution in [2.24, 2.45) is 0 Å². The zero-order chi connectivity index (χ0) is 20.5. The molecule has 2 heteroatoms. The summed E-state index contributed by atoms with van der Waals surface area (Å²) in [6.45, 7) is 2.29. The van der Waals surface area contributed by atoms with Crippen LogP contribution in [0, 0.1) is 0 Å². The average molecular weight is 396 g/mol. The third kappa shape index (κ3) is 11.8. The van der Waals surface area contributed by atoms with E-state index in [0.717, 1.165) is 12.8 Å². The van der Waals surface area contributed by atoms with Gasteiger partial charge in [0.25, 0.3) is 0 Å². The standard InChI is InChI=1S/C26H53NO/c1-4-5-6-7-8-9-10-11-12-13-14-15-16-18-21-25(28)24-26(27(2)3)22-19-17-20-23-26/h25,28H,4-24H2,1-3H3. The Hall–Kier alpha value is -0.0800. The van der Waals surface area contributed by atoms with E-state index in [9.17, 15) is 5.11 Å². The lowest BCUT2D eigenvalue weighted by Crippen LogP contribution is -2.48. The fourth-order valence-electron chi connectivity index (χ4n) is 5.16. The molecule has 0 saturated heterocycles. The van der Waals surface area contributed by atoms with Gasteiger partial charge in [0.05, 0.1) is 6.10 Å². The van der Waals surface area contributed by atoms with Gasteiger partial charge >= 0.3 is 0 Å². The van der Waals surface area contributed by atoms with Crippen molar-refractivity contribution in [1.29, 1.82) is 0 Å². The van der Waals surface area contributed by atoms with Crippen LogP contribution in [0.15, 0.2) is 0 Å². The highest BCUT2D eigenvalue weighted by Gasteiger charge is 2.35. The van der Waals surface area contributed by atoms with E-state index in [4.69, 9.17) is 0 Å². The predicted octanol–water partition coefficient (Wildman–Crippen LogP) is 7.87. The van der Waals surface area contributed by atoms with E-state index in [0.29, 0.717) is 0 Å². The van der Waals surface area contributed by atoms with Crippen LogP contribution in [-0.2, 0) is 0 Å². The monoisotopic (exact) mass is 395 g/mol. The molecule has 168 valence electrons. The molecule has 0 aromatic heterocycles. The summed E-state index contributed by atoms with van der Waals surface area (Å²) >= 11 is 0. The molecule has 0 bridgehead atoms. The molecule has 0 radical (unpaired) electrons. The molecule has 1 N–H and O–H groups in total. The van der Waals surface area contributed by atoms with Gasteiger partial charge in [-0.2, -0.15) is 0 Å². The molecule has 1 atom stereocenters. The van der Waals surface area contributed by atoms with Gasteiger partial charge in [-0.3, -0.25) is 0 Å². The number of hydrogen-bond acceptors (Lipinski definition) is 2. The van der Waals surface area contributed by atoms with Gasteiger partial charge < -0.3 is 10.0 Å². The lowest BCUT2D eigenvalue weighted by Gasteiger charge is -2.44. The maximum absolute atomic E-state index is 10.6. The second-order valence-corrected chi connectivity index (χ2v) is 9.92. The van der Waals surface area contributed by atoms with E-state index in [1.54, 1.807) is 0 Å². The average Bonchev–Trinajstić information content (AvgIpc) is 2.69. The van der Waals surface area contributed by atoms with Crippen LogP contribution in [0.2, 0.25) is 0 Å². The molecule has 0 heterocycles. The van der Waals surface area contributed by atoms with Crippen LogP contribution in [0.4, 0.5) is 0 Å². The molecule has 1 fully saturated rings. The highest BCUT2D eigenvalue weighted by molar-refractivity contribution is 4.92. The Morgan fingerprint density at radius 3 is 1.54 bits per heavy atom. The molecule has 1 unspecified atom stereocenters. The number of hydrogen-bond donors (Lipinski definition) is 1. The van der Waals surface area contributed by atoms with Crippen LogP contribution < -0.4 is 0 Å². The highest BCUT2D eigenvalue weighted by atomic mass is 16.3. The van der Waals surface area contributed by atoms with Gasteiger partial charge in [0, 0.05) is 5.54 Å². The minimum absolute atomic E-state index is 0.0992. The van der Waals surface area contributed by atoms with Crippen molar-refractivity contribution < 1.29 is 5.11 Å². The van der Waals surface area contributed by atoms with Crippen LogP contribution >= 0.6 is 0 Å². The molecule has 1 aliphatic carbocycles. The van der Waals surface area contributed by atoms with Crippen molar-refractivity contribution in [3.63, 3.8) is 0 Å². The van der Waals surface area contributed by atoms with Gasteiger partial charge in [-0.05, 0) is 39.8 Å². The maximum Gasteiger partial charge on any atom is 0.0557 e. The summed E-state index contributed by atoms with van der Waals surface area (Å²) in [6.07, 6.45) is 28.1. The van der Waals surface area contributed by atoms with Gasteiger partial charge in [0.1, 0.15) is 0 Å². The Kier molecular flexibility index (Phi) is 15.5. The van der Waals surface area contributed by atoms with Gasteiger partial charge in [-0.1, -0.05) is 116 Å². The van der Waals surface area contributed by atoms with Crippen molar-refractivity contribution in [2.75, 3.05) is 14.1 Å². The molecular weight excluding hydrogens is 342 g/mol. The summed E-state index contributed by atoms with van der Waals surface area (Å²) in [5, 5.41) is 10.6. The lowest BCUT2D eigenvalue weighted by atomic mass is 9.76. The highest BCUT2D eigenvalue weighted by Crippen LogP contribution is 2.36. The van der Waals surface area contributed by atoms with E-state index < -0.39 is 0 Å². The molecule has 1 rings (SSSR count). The zero-order valence-electron chi connectivity index (χ0n) is 19.8. The molecule has 0 aliphatic heterocycles. The zero-order valence-corrected chi connectivity index (χ0v) is 19.8. The van der Waals surface area contributed by atoms with E-state index >= 15 is 0 Å². The normalized spacial score (nSPS) is 17.9. The topological polar surface area (TPSA) is 23.5 Å². The van der Waals surface area contributed by atoms with Gasteiger partial charge in [-0.15, -0.1) is 0 Å². The summed E-state index contributed by atoms with van der Waals surface area (Å²) < 4.78 is 0. The molecule has 1 aliphatic rings. The number of aliphatic hydroxyl groups is 1.